The van der Waals surface area contributed by atoms with Crippen molar-refractivity contribution >= 4 is 33.2 Å². The number of sulfonamides is 1. The molecule has 22 heavy (non-hydrogen) atoms. The number of nitrogens with two attached hydrogens (primary N) is 1. The van der Waals surface area contributed by atoms with E-state index in [1.165, 1.54) is 23.9 Å². The summed E-state index contributed by atoms with van der Waals surface area (Å²) < 4.78 is 22.7. The predicted molar refractivity (Wildman–Crippen MR) is 84.4 cm³/mol. The summed E-state index contributed by atoms with van der Waals surface area (Å²) in [6, 6.07) is 3.55. The highest BCUT2D eigenvalue weighted by Crippen LogP contribution is 2.35. The van der Waals surface area contributed by atoms with Crippen LogP contribution in [0.4, 0.5) is 11.4 Å². The zero-order valence-corrected chi connectivity index (χ0v) is 13.5. The van der Waals surface area contributed by atoms with Gasteiger partial charge in [0.15, 0.2) is 0 Å². The van der Waals surface area contributed by atoms with Gasteiger partial charge in [-0.3, -0.25) is 10.1 Å². The van der Waals surface area contributed by atoms with E-state index in [1.54, 1.807) is 11.9 Å². The van der Waals surface area contributed by atoms with Gasteiger partial charge in [0.2, 0.25) is 10.0 Å². The molecule has 1 aromatic carbocycles. The number of aliphatic hydroxyl groups excluding tert-OH is 1. The number of aliphatic hydroxyl groups is 1. The molecule has 2 rings (SSSR count). The van der Waals surface area contributed by atoms with Crippen LogP contribution in [0.3, 0.4) is 0 Å². The summed E-state index contributed by atoms with van der Waals surface area (Å²) in [5.41, 5.74) is -0.507. The maximum Gasteiger partial charge on any atom is 0.293 e. The molecule has 1 saturated heterocycles. The van der Waals surface area contributed by atoms with Crippen molar-refractivity contribution in [3.05, 3.63) is 28.3 Å². The quantitative estimate of drug-likeness (QED) is 0.611. The molecule has 1 fully saturated rings. The van der Waals surface area contributed by atoms with Crippen LogP contribution in [0.2, 0.25) is 0 Å². The van der Waals surface area contributed by atoms with Gasteiger partial charge in [-0.1, -0.05) is 0 Å². The smallest absolute Gasteiger partial charge is 0.293 e. The Morgan fingerprint density at radius 2 is 2.18 bits per heavy atom. The van der Waals surface area contributed by atoms with E-state index in [0.717, 1.165) is 18.2 Å². The van der Waals surface area contributed by atoms with E-state index < -0.39 is 20.4 Å². The van der Waals surface area contributed by atoms with Gasteiger partial charge in [0.25, 0.3) is 5.69 Å². The van der Waals surface area contributed by atoms with Crippen molar-refractivity contribution in [3.8, 4) is 0 Å². The Bertz CT molecular complexity index is 679. The third-order valence-corrected chi connectivity index (χ3v) is 5.59. The lowest BCUT2D eigenvalue weighted by Gasteiger charge is -2.34. The number of hydrogen-bond donors (Lipinski definition) is 2. The number of primary sulfonamides is 1. The molecule has 1 aliphatic heterocycles. The third kappa shape index (κ3) is 3.69. The second kappa shape index (κ2) is 6.41. The standard InChI is InChI=1S/C12H17N3O5S2/c1-14(8-4-5-21-12(16)6-8)10-3-2-9(22(13,19)20)7-11(10)15(17)18/h2-3,7-8,12,16H,4-6H2,1H3,(H2,13,19,20). The predicted octanol–water partition coefficient (Wildman–Crippen LogP) is 0.892. The maximum absolute atomic E-state index is 11.3. The van der Waals surface area contributed by atoms with Crippen molar-refractivity contribution in [1.82, 2.24) is 0 Å². The van der Waals surface area contributed by atoms with Crippen molar-refractivity contribution in [2.24, 2.45) is 5.14 Å². The molecule has 0 aliphatic carbocycles. The van der Waals surface area contributed by atoms with Gasteiger partial charge in [-0.2, -0.15) is 0 Å². The van der Waals surface area contributed by atoms with E-state index in [0.29, 0.717) is 12.1 Å². The molecule has 1 aromatic rings. The molecule has 10 heteroatoms. The van der Waals surface area contributed by atoms with Gasteiger partial charge in [-0.05, 0) is 24.3 Å². The van der Waals surface area contributed by atoms with Crippen LogP contribution in [0.25, 0.3) is 0 Å². The number of anilines is 1. The molecule has 0 radical (unpaired) electrons. The zero-order chi connectivity index (χ0) is 16.5. The first kappa shape index (κ1) is 17.0. The molecule has 2 atom stereocenters. The molecule has 0 aromatic heterocycles. The average molecular weight is 347 g/mol. The number of rotatable bonds is 4. The number of nitro groups is 1. The van der Waals surface area contributed by atoms with Crippen LogP contribution < -0.4 is 10.0 Å². The number of benzene rings is 1. The second-order valence-corrected chi connectivity index (χ2v) is 7.91. The fourth-order valence-corrected chi connectivity index (χ4v) is 4.00. The lowest BCUT2D eigenvalue weighted by atomic mass is 10.1. The first-order valence-electron chi connectivity index (χ1n) is 6.54. The number of hydrogen-bond acceptors (Lipinski definition) is 7. The van der Waals surface area contributed by atoms with Crippen molar-refractivity contribution < 1.29 is 18.4 Å². The van der Waals surface area contributed by atoms with E-state index in [2.05, 4.69) is 0 Å². The Kier molecular flexibility index (Phi) is 4.95. The normalized spacial score (nSPS) is 22.3. The first-order valence-corrected chi connectivity index (χ1v) is 9.13. The molecule has 0 spiro atoms. The first-order chi connectivity index (χ1) is 10.2. The molecule has 122 valence electrons. The molecule has 0 amide bonds. The van der Waals surface area contributed by atoms with Crippen molar-refractivity contribution in [3.63, 3.8) is 0 Å². The summed E-state index contributed by atoms with van der Waals surface area (Å²) in [6.45, 7) is 0. The van der Waals surface area contributed by atoms with E-state index in [9.17, 15) is 23.6 Å². The summed E-state index contributed by atoms with van der Waals surface area (Å²) in [4.78, 5) is 12.0. The van der Waals surface area contributed by atoms with Crippen LogP contribution in [-0.2, 0) is 10.0 Å². The third-order valence-electron chi connectivity index (χ3n) is 3.63. The minimum atomic E-state index is -4.00. The fourth-order valence-electron chi connectivity index (χ4n) is 2.43. The summed E-state index contributed by atoms with van der Waals surface area (Å²) in [6.07, 6.45) is 1.28. The molecule has 1 aliphatic rings. The topological polar surface area (TPSA) is 127 Å². The van der Waals surface area contributed by atoms with Gasteiger partial charge >= 0.3 is 0 Å². The molecular weight excluding hydrogens is 330 g/mol. The van der Waals surface area contributed by atoms with Gasteiger partial charge in [0.1, 0.15) is 11.1 Å². The largest absolute Gasteiger partial charge is 0.382 e. The van der Waals surface area contributed by atoms with Crippen LogP contribution in [0.5, 0.6) is 0 Å². The van der Waals surface area contributed by atoms with Crippen LogP contribution in [-0.4, -0.2) is 42.7 Å². The van der Waals surface area contributed by atoms with E-state index in [1.807, 2.05) is 0 Å². The summed E-state index contributed by atoms with van der Waals surface area (Å²) in [7, 11) is -2.30. The Morgan fingerprint density at radius 1 is 1.50 bits per heavy atom. The highest BCUT2D eigenvalue weighted by atomic mass is 32.2. The highest BCUT2D eigenvalue weighted by molar-refractivity contribution is 7.99. The van der Waals surface area contributed by atoms with Gasteiger partial charge in [0, 0.05) is 25.6 Å². The lowest BCUT2D eigenvalue weighted by molar-refractivity contribution is -0.384. The summed E-state index contributed by atoms with van der Waals surface area (Å²) in [5.74, 6) is 0.763. The Morgan fingerprint density at radius 3 is 2.73 bits per heavy atom. The monoisotopic (exact) mass is 347 g/mol. The molecule has 3 N–H and O–H groups in total. The molecule has 0 bridgehead atoms. The van der Waals surface area contributed by atoms with Gasteiger partial charge in [-0.25, -0.2) is 13.6 Å². The maximum atomic E-state index is 11.3. The van der Waals surface area contributed by atoms with Gasteiger partial charge < -0.3 is 10.0 Å². The van der Waals surface area contributed by atoms with Crippen LogP contribution in [0, 0.1) is 10.1 Å². The van der Waals surface area contributed by atoms with Crippen molar-refractivity contribution in [2.75, 3.05) is 17.7 Å². The minimum Gasteiger partial charge on any atom is -0.382 e. The summed E-state index contributed by atoms with van der Waals surface area (Å²) in [5, 5.41) is 26.0. The van der Waals surface area contributed by atoms with Crippen LogP contribution in [0.15, 0.2) is 23.1 Å². The Balaban J connectivity index is 2.39. The number of nitro benzene ring substituents is 1. The average Bonchev–Trinajstić information content (AvgIpc) is 2.44. The molecule has 1 heterocycles. The lowest BCUT2D eigenvalue weighted by Crippen LogP contribution is -2.37. The van der Waals surface area contributed by atoms with Crippen molar-refractivity contribution in [1.29, 1.82) is 0 Å². The SMILES string of the molecule is CN(c1ccc(S(N)(=O)=O)cc1[N+](=O)[O-])C1CCSC(O)C1. The molecular formula is C12H17N3O5S2. The zero-order valence-electron chi connectivity index (χ0n) is 11.9. The van der Waals surface area contributed by atoms with Gasteiger partial charge in [0.05, 0.1) is 9.82 Å². The molecule has 0 saturated carbocycles. The Hall–Kier alpha value is -1.36. The molecule has 8 nitrogen and oxygen atoms in total. The fraction of sp³-hybridized carbons (Fsp3) is 0.500. The second-order valence-electron chi connectivity index (χ2n) is 5.07. The van der Waals surface area contributed by atoms with E-state index >= 15 is 0 Å². The van der Waals surface area contributed by atoms with E-state index in [4.69, 9.17) is 5.14 Å². The van der Waals surface area contributed by atoms with Crippen LogP contribution in [0.1, 0.15) is 12.8 Å². The minimum absolute atomic E-state index is 0.0460. The van der Waals surface area contributed by atoms with Crippen LogP contribution >= 0.6 is 11.8 Å². The number of thioether (sulfide) groups is 1. The van der Waals surface area contributed by atoms with Gasteiger partial charge in [-0.15, -0.1) is 11.8 Å². The molecule has 2 unspecified atom stereocenters. The summed E-state index contributed by atoms with van der Waals surface area (Å²) >= 11 is 1.45. The number of nitrogens with zero attached hydrogens (tertiary/aromatic N) is 2. The van der Waals surface area contributed by atoms with Crippen molar-refractivity contribution in [2.45, 2.75) is 29.2 Å². The highest BCUT2D eigenvalue weighted by Gasteiger charge is 2.28. The van der Waals surface area contributed by atoms with E-state index in [-0.39, 0.29) is 16.6 Å². The Labute approximate surface area is 132 Å².